The monoisotopic (exact) mass is 333 g/mol. The molecule has 1 aliphatic heterocycles. The highest BCUT2D eigenvalue weighted by atomic mass is 32.2. The Morgan fingerprint density at radius 1 is 1.09 bits per heavy atom. The molecular formula is C15H15N3O2S2. The van der Waals surface area contributed by atoms with E-state index in [2.05, 4.69) is 22.2 Å². The van der Waals surface area contributed by atoms with Crippen LogP contribution in [0, 0.1) is 0 Å². The number of carbonyl (C=O) groups excluding carboxylic acids is 2. The summed E-state index contributed by atoms with van der Waals surface area (Å²) in [5.41, 5.74) is 5.93. The highest BCUT2D eigenvalue weighted by molar-refractivity contribution is 7.99. The fraction of sp³-hybridized carbons (Fsp3) is 0.200. The molecule has 2 heterocycles. The van der Waals surface area contributed by atoms with Crippen LogP contribution in [0.15, 0.2) is 46.7 Å². The van der Waals surface area contributed by atoms with Crippen LogP contribution in [0.2, 0.25) is 0 Å². The minimum atomic E-state index is -0.406. The van der Waals surface area contributed by atoms with E-state index in [9.17, 15) is 9.59 Å². The number of urea groups is 1. The molecule has 7 heteroatoms. The zero-order valence-corrected chi connectivity index (χ0v) is 13.3. The molecule has 3 rings (SSSR count). The van der Waals surface area contributed by atoms with Gasteiger partial charge in [-0.2, -0.15) is 0 Å². The predicted molar refractivity (Wildman–Crippen MR) is 88.0 cm³/mol. The first kappa shape index (κ1) is 14.9. The number of hydrogen-bond acceptors (Lipinski definition) is 4. The Kier molecular flexibility index (Phi) is 4.65. The summed E-state index contributed by atoms with van der Waals surface area (Å²) in [5.74, 6) is 0.647. The van der Waals surface area contributed by atoms with Crippen molar-refractivity contribution < 1.29 is 9.59 Å². The third-order valence-corrected chi connectivity index (χ3v) is 5.29. The number of thiophene rings is 1. The second-order valence-corrected chi connectivity index (χ2v) is 6.84. The van der Waals surface area contributed by atoms with Crippen LogP contribution in [0.5, 0.6) is 0 Å². The average molecular weight is 333 g/mol. The molecule has 0 radical (unpaired) electrons. The number of rotatable bonds is 2. The Labute approximate surface area is 136 Å². The maximum atomic E-state index is 12.0. The van der Waals surface area contributed by atoms with Crippen LogP contribution in [0.1, 0.15) is 27.7 Å². The van der Waals surface area contributed by atoms with Crippen LogP contribution in [-0.4, -0.2) is 17.7 Å². The van der Waals surface area contributed by atoms with E-state index in [1.54, 1.807) is 23.9 Å². The normalized spacial score (nSPS) is 16.5. The molecule has 3 N–H and O–H groups in total. The summed E-state index contributed by atoms with van der Waals surface area (Å²) in [6, 6.07) is 11.1. The number of benzene rings is 1. The van der Waals surface area contributed by atoms with Crippen molar-refractivity contribution in [2.24, 2.45) is 0 Å². The highest BCUT2D eigenvalue weighted by Gasteiger charge is 2.22. The third-order valence-electron chi connectivity index (χ3n) is 3.30. The van der Waals surface area contributed by atoms with E-state index in [1.165, 1.54) is 16.2 Å². The van der Waals surface area contributed by atoms with E-state index >= 15 is 0 Å². The van der Waals surface area contributed by atoms with Crippen molar-refractivity contribution in [3.63, 3.8) is 0 Å². The van der Waals surface area contributed by atoms with Gasteiger partial charge in [0.25, 0.3) is 5.91 Å². The largest absolute Gasteiger partial charge is 0.333 e. The summed E-state index contributed by atoms with van der Waals surface area (Å²) in [6.07, 6.45) is 0.869. The van der Waals surface area contributed by atoms with Crippen LogP contribution in [0.25, 0.3) is 0 Å². The zero-order chi connectivity index (χ0) is 15.4. The second-order valence-electron chi connectivity index (χ2n) is 4.76. The Morgan fingerprint density at radius 2 is 1.95 bits per heavy atom. The van der Waals surface area contributed by atoms with E-state index in [-0.39, 0.29) is 11.9 Å². The first-order chi connectivity index (χ1) is 10.7. The van der Waals surface area contributed by atoms with E-state index in [0.717, 1.165) is 17.7 Å². The third kappa shape index (κ3) is 3.42. The Hall–Kier alpha value is -1.99. The van der Waals surface area contributed by atoms with Crippen LogP contribution in [-0.2, 0) is 0 Å². The molecule has 1 aromatic heterocycles. The lowest BCUT2D eigenvalue weighted by molar-refractivity contribution is 0.0940. The minimum absolute atomic E-state index is 0.0314. The molecule has 0 fully saturated rings. The van der Waals surface area contributed by atoms with Crippen molar-refractivity contribution in [1.29, 1.82) is 0 Å². The van der Waals surface area contributed by atoms with Gasteiger partial charge in [-0.15, -0.1) is 23.1 Å². The lowest BCUT2D eigenvalue weighted by Gasteiger charge is -2.25. The number of nitrogens with one attached hydrogen (secondary N) is 3. The summed E-state index contributed by atoms with van der Waals surface area (Å²) in [5, 5.41) is 4.71. The SMILES string of the molecule is O=C(NNC(=O)c1cccs1)N[C@H]1CCSc2ccccc21. The molecule has 114 valence electrons. The van der Waals surface area contributed by atoms with Gasteiger partial charge in [-0.25, -0.2) is 10.2 Å². The van der Waals surface area contributed by atoms with Crippen LogP contribution in [0.4, 0.5) is 4.79 Å². The maximum absolute atomic E-state index is 12.0. The van der Waals surface area contributed by atoms with Gasteiger partial charge in [-0.05, 0) is 29.5 Å². The number of amides is 3. The molecule has 1 aliphatic rings. The van der Waals surface area contributed by atoms with Gasteiger partial charge in [-0.1, -0.05) is 24.3 Å². The number of hydrazine groups is 1. The summed E-state index contributed by atoms with van der Waals surface area (Å²) >= 11 is 3.12. The lowest BCUT2D eigenvalue weighted by Crippen LogP contribution is -2.48. The number of thioether (sulfide) groups is 1. The van der Waals surface area contributed by atoms with Gasteiger partial charge in [0.05, 0.1) is 10.9 Å². The summed E-state index contributed by atoms with van der Waals surface area (Å²) in [4.78, 5) is 25.5. The van der Waals surface area contributed by atoms with Gasteiger partial charge in [0.15, 0.2) is 0 Å². The first-order valence-corrected chi connectivity index (χ1v) is 8.72. The standard InChI is InChI=1S/C15H15N3O2S2/c19-14(13-6-3-8-21-13)17-18-15(20)16-11-7-9-22-12-5-2-1-4-10(11)12/h1-6,8,11H,7,9H2,(H,17,19)(H2,16,18,20)/t11-/m0/s1. The summed E-state index contributed by atoms with van der Waals surface area (Å²) in [6.45, 7) is 0. The molecule has 5 nitrogen and oxygen atoms in total. The van der Waals surface area contributed by atoms with Crippen LogP contribution >= 0.6 is 23.1 Å². The van der Waals surface area contributed by atoms with Crippen molar-refractivity contribution in [1.82, 2.24) is 16.2 Å². The van der Waals surface area contributed by atoms with Gasteiger partial charge in [-0.3, -0.25) is 10.2 Å². The van der Waals surface area contributed by atoms with E-state index in [0.29, 0.717) is 4.88 Å². The molecule has 3 amide bonds. The van der Waals surface area contributed by atoms with E-state index < -0.39 is 6.03 Å². The van der Waals surface area contributed by atoms with Gasteiger partial charge in [0.2, 0.25) is 0 Å². The molecular weight excluding hydrogens is 318 g/mol. The Balaban J connectivity index is 1.55. The van der Waals surface area contributed by atoms with E-state index in [4.69, 9.17) is 0 Å². The quantitative estimate of drug-likeness (QED) is 0.740. The Bertz CT molecular complexity index is 673. The second kappa shape index (κ2) is 6.85. The molecule has 0 saturated heterocycles. The lowest BCUT2D eigenvalue weighted by atomic mass is 10.0. The maximum Gasteiger partial charge on any atom is 0.333 e. The number of fused-ring (bicyclic) bond motifs is 1. The molecule has 2 aromatic rings. The molecule has 22 heavy (non-hydrogen) atoms. The molecule has 0 spiro atoms. The molecule has 1 atom stereocenters. The van der Waals surface area contributed by atoms with Gasteiger partial charge in [0.1, 0.15) is 0 Å². The summed E-state index contributed by atoms with van der Waals surface area (Å²) < 4.78 is 0. The van der Waals surface area contributed by atoms with Gasteiger partial charge < -0.3 is 5.32 Å². The fourth-order valence-electron chi connectivity index (χ4n) is 2.27. The number of carbonyl (C=O) groups is 2. The van der Waals surface area contributed by atoms with Crippen molar-refractivity contribution in [3.8, 4) is 0 Å². The average Bonchev–Trinajstić information content (AvgIpc) is 3.07. The molecule has 0 unspecified atom stereocenters. The highest BCUT2D eigenvalue weighted by Crippen LogP contribution is 2.35. The zero-order valence-electron chi connectivity index (χ0n) is 11.7. The van der Waals surface area contributed by atoms with Crippen LogP contribution < -0.4 is 16.2 Å². The topological polar surface area (TPSA) is 70.2 Å². The summed E-state index contributed by atoms with van der Waals surface area (Å²) in [7, 11) is 0. The van der Waals surface area contributed by atoms with E-state index in [1.807, 2.05) is 23.6 Å². The fourth-order valence-corrected chi connectivity index (χ4v) is 4.01. The smallest absolute Gasteiger partial charge is 0.330 e. The van der Waals surface area contributed by atoms with Crippen molar-refractivity contribution in [3.05, 3.63) is 52.2 Å². The first-order valence-electron chi connectivity index (χ1n) is 6.86. The number of hydrogen-bond donors (Lipinski definition) is 3. The predicted octanol–water partition coefficient (Wildman–Crippen LogP) is 2.93. The van der Waals surface area contributed by atoms with Crippen molar-refractivity contribution >= 4 is 35.0 Å². The minimum Gasteiger partial charge on any atom is -0.330 e. The molecule has 0 saturated carbocycles. The van der Waals surface area contributed by atoms with Crippen LogP contribution in [0.3, 0.4) is 0 Å². The van der Waals surface area contributed by atoms with Gasteiger partial charge in [0, 0.05) is 10.6 Å². The van der Waals surface area contributed by atoms with Crippen molar-refractivity contribution in [2.45, 2.75) is 17.4 Å². The van der Waals surface area contributed by atoms with Gasteiger partial charge >= 0.3 is 6.03 Å². The van der Waals surface area contributed by atoms with Crippen molar-refractivity contribution in [2.75, 3.05) is 5.75 Å². The molecule has 0 aliphatic carbocycles. The molecule has 1 aromatic carbocycles. The molecule has 0 bridgehead atoms. The Morgan fingerprint density at radius 3 is 2.77 bits per heavy atom.